The zero-order chi connectivity index (χ0) is 11.0. The SMILES string of the molecule is CC(N)c1ccc2c(c1)CCN2C(=O)O. The number of carbonyl (C=O) groups is 1. The van der Waals surface area contributed by atoms with E-state index < -0.39 is 6.09 Å². The Bertz CT molecular complexity index is 402. The second-order valence-electron chi connectivity index (χ2n) is 3.86. The van der Waals surface area contributed by atoms with E-state index in [4.69, 9.17) is 10.8 Å². The van der Waals surface area contributed by atoms with Gasteiger partial charge >= 0.3 is 6.09 Å². The summed E-state index contributed by atoms with van der Waals surface area (Å²) in [4.78, 5) is 12.3. The fourth-order valence-electron chi connectivity index (χ4n) is 1.90. The third kappa shape index (κ3) is 1.68. The third-order valence-corrected chi connectivity index (χ3v) is 2.76. The number of fused-ring (bicyclic) bond motifs is 1. The van der Waals surface area contributed by atoms with Gasteiger partial charge < -0.3 is 10.8 Å². The summed E-state index contributed by atoms with van der Waals surface area (Å²) in [6.45, 7) is 2.47. The van der Waals surface area contributed by atoms with Gasteiger partial charge in [0.25, 0.3) is 0 Å². The zero-order valence-electron chi connectivity index (χ0n) is 8.60. The van der Waals surface area contributed by atoms with Crippen molar-refractivity contribution in [3.8, 4) is 0 Å². The van der Waals surface area contributed by atoms with Crippen LogP contribution in [0.25, 0.3) is 0 Å². The molecule has 1 amide bonds. The Balaban J connectivity index is 2.37. The van der Waals surface area contributed by atoms with Gasteiger partial charge in [0.15, 0.2) is 0 Å². The van der Waals surface area contributed by atoms with E-state index in [-0.39, 0.29) is 6.04 Å². The van der Waals surface area contributed by atoms with Crippen molar-refractivity contribution in [3.05, 3.63) is 29.3 Å². The predicted octanol–water partition coefficient (Wildman–Crippen LogP) is 1.75. The highest BCUT2D eigenvalue weighted by Gasteiger charge is 2.24. The number of rotatable bonds is 1. The summed E-state index contributed by atoms with van der Waals surface area (Å²) < 4.78 is 0. The standard InChI is InChI=1S/C11H14N2O2/c1-7(12)8-2-3-10-9(6-8)4-5-13(10)11(14)15/h2-3,6-7H,4-5,12H2,1H3,(H,14,15). The molecule has 3 N–H and O–H groups in total. The van der Waals surface area contributed by atoms with E-state index in [1.54, 1.807) is 0 Å². The van der Waals surface area contributed by atoms with Crippen molar-refractivity contribution in [1.29, 1.82) is 0 Å². The molecule has 1 unspecified atom stereocenters. The lowest BCUT2D eigenvalue weighted by atomic mass is 10.0. The first-order valence-corrected chi connectivity index (χ1v) is 4.98. The summed E-state index contributed by atoms with van der Waals surface area (Å²) >= 11 is 0. The lowest BCUT2D eigenvalue weighted by molar-refractivity contribution is 0.202. The first kappa shape index (κ1) is 9.98. The fraction of sp³-hybridized carbons (Fsp3) is 0.364. The number of amides is 1. The van der Waals surface area contributed by atoms with Crippen LogP contribution >= 0.6 is 0 Å². The molecule has 0 aromatic heterocycles. The van der Waals surface area contributed by atoms with Crippen LogP contribution in [0.2, 0.25) is 0 Å². The summed E-state index contributed by atoms with van der Waals surface area (Å²) in [6.07, 6.45) is -0.107. The summed E-state index contributed by atoms with van der Waals surface area (Å²) in [5.74, 6) is 0. The molecule has 1 heterocycles. The quantitative estimate of drug-likeness (QED) is 0.735. The lowest BCUT2D eigenvalue weighted by Gasteiger charge is -2.13. The van der Waals surface area contributed by atoms with Gasteiger partial charge in [-0.2, -0.15) is 0 Å². The van der Waals surface area contributed by atoms with Crippen LogP contribution in [0.15, 0.2) is 18.2 Å². The molecule has 0 radical (unpaired) electrons. The maximum Gasteiger partial charge on any atom is 0.411 e. The number of hydrogen-bond acceptors (Lipinski definition) is 2. The number of nitrogens with two attached hydrogens (primary N) is 1. The van der Waals surface area contributed by atoms with Crippen LogP contribution in [0, 0.1) is 0 Å². The van der Waals surface area contributed by atoms with Crippen LogP contribution in [0.5, 0.6) is 0 Å². The highest BCUT2D eigenvalue weighted by molar-refractivity contribution is 5.88. The van der Waals surface area contributed by atoms with Crippen molar-refractivity contribution < 1.29 is 9.90 Å². The second-order valence-corrected chi connectivity index (χ2v) is 3.86. The number of nitrogens with zero attached hydrogens (tertiary/aromatic N) is 1. The molecule has 0 spiro atoms. The summed E-state index contributed by atoms with van der Waals surface area (Å²) in [7, 11) is 0. The van der Waals surface area contributed by atoms with Crippen LogP contribution in [0.1, 0.15) is 24.1 Å². The van der Waals surface area contributed by atoms with Gasteiger partial charge in [-0.15, -0.1) is 0 Å². The molecule has 0 fully saturated rings. The molecule has 0 aliphatic carbocycles. The number of carboxylic acid groups (broad SMARTS) is 1. The van der Waals surface area contributed by atoms with Crippen molar-refractivity contribution >= 4 is 11.8 Å². The number of hydrogen-bond donors (Lipinski definition) is 2. The maximum atomic E-state index is 10.9. The Hall–Kier alpha value is -1.55. The van der Waals surface area contributed by atoms with Crippen molar-refractivity contribution in [2.45, 2.75) is 19.4 Å². The van der Waals surface area contributed by atoms with E-state index in [1.165, 1.54) is 4.90 Å². The van der Waals surface area contributed by atoms with Crippen LogP contribution in [0.3, 0.4) is 0 Å². The van der Waals surface area contributed by atoms with E-state index in [2.05, 4.69) is 0 Å². The molecule has 80 valence electrons. The minimum absolute atomic E-state index is 0.00539. The topological polar surface area (TPSA) is 66.6 Å². The molecule has 1 aromatic carbocycles. The van der Waals surface area contributed by atoms with Gasteiger partial charge in [-0.3, -0.25) is 4.90 Å². The summed E-state index contributed by atoms with van der Waals surface area (Å²) in [6, 6.07) is 5.73. The predicted molar refractivity (Wildman–Crippen MR) is 58.1 cm³/mol. The Morgan fingerprint density at radius 2 is 2.33 bits per heavy atom. The molecular formula is C11H14N2O2. The van der Waals surface area contributed by atoms with Crippen molar-refractivity contribution in [3.63, 3.8) is 0 Å². The third-order valence-electron chi connectivity index (χ3n) is 2.76. The van der Waals surface area contributed by atoms with Crippen molar-refractivity contribution in [2.24, 2.45) is 5.73 Å². The van der Waals surface area contributed by atoms with Crippen LogP contribution in [-0.2, 0) is 6.42 Å². The van der Waals surface area contributed by atoms with Gasteiger partial charge in [-0.05, 0) is 30.5 Å². The van der Waals surface area contributed by atoms with Gasteiger partial charge in [0, 0.05) is 12.6 Å². The van der Waals surface area contributed by atoms with E-state index in [9.17, 15) is 4.79 Å². The molecule has 1 aliphatic rings. The average molecular weight is 206 g/mol. The van der Waals surface area contributed by atoms with Gasteiger partial charge in [-0.1, -0.05) is 12.1 Å². The second kappa shape index (κ2) is 3.55. The first-order chi connectivity index (χ1) is 7.09. The largest absolute Gasteiger partial charge is 0.465 e. The smallest absolute Gasteiger partial charge is 0.411 e. The number of anilines is 1. The Kier molecular flexibility index (Phi) is 2.36. The van der Waals surface area contributed by atoms with Crippen LogP contribution in [0.4, 0.5) is 10.5 Å². The molecule has 4 nitrogen and oxygen atoms in total. The normalized spacial score (nSPS) is 16.3. The molecule has 0 bridgehead atoms. The maximum absolute atomic E-state index is 10.9. The highest BCUT2D eigenvalue weighted by atomic mass is 16.4. The highest BCUT2D eigenvalue weighted by Crippen LogP contribution is 2.29. The minimum atomic E-state index is -0.887. The Labute approximate surface area is 88.3 Å². The fourth-order valence-corrected chi connectivity index (χ4v) is 1.90. The minimum Gasteiger partial charge on any atom is -0.465 e. The van der Waals surface area contributed by atoms with E-state index in [1.807, 2.05) is 25.1 Å². The average Bonchev–Trinajstić information content (AvgIpc) is 2.59. The van der Waals surface area contributed by atoms with E-state index >= 15 is 0 Å². The van der Waals surface area contributed by atoms with Gasteiger partial charge in [0.1, 0.15) is 0 Å². The molecule has 15 heavy (non-hydrogen) atoms. The van der Waals surface area contributed by atoms with Crippen LogP contribution in [-0.4, -0.2) is 17.7 Å². The first-order valence-electron chi connectivity index (χ1n) is 4.98. The van der Waals surface area contributed by atoms with E-state index in [0.29, 0.717) is 6.54 Å². The van der Waals surface area contributed by atoms with Gasteiger partial charge in [-0.25, -0.2) is 4.79 Å². The molecule has 0 saturated carbocycles. The van der Waals surface area contributed by atoms with Crippen LogP contribution < -0.4 is 10.6 Å². The van der Waals surface area contributed by atoms with Crippen molar-refractivity contribution in [2.75, 3.05) is 11.4 Å². The summed E-state index contributed by atoms with van der Waals surface area (Å²) in [5.41, 5.74) is 8.70. The molecule has 1 aliphatic heterocycles. The van der Waals surface area contributed by atoms with E-state index in [0.717, 1.165) is 23.2 Å². The van der Waals surface area contributed by atoms with Gasteiger partial charge in [0.05, 0.1) is 5.69 Å². The molecular weight excluding hydrogens is 192 g/mol. The molecule has 1 aromatic rings. The molecule has 2 rings (SSSR count). The molecule has 0 saturated heterocycles. The Morgan fingerprint density at radius 3 is 2.93 bits per heavy atom. The zero-order valence-corrected chi connectivity index (χ0v) is 8.60. The van der Waals surface area contributed by atoms with Crippen molar-refractivity contribution in [1.82, 2.24) is 0 Å². The lowest BCUT2D eigenvalue weighted by Crippen LogP contribution is -2.26. The number of benzene rings is 1. The molecule has 1 atom stereocenters. The monoisotopic (exact) mass is 206 g/mol. The van der Waals surface area contributed by atoms with Gasteiger partial charge in [0.2, 0.25) is 0 Å². The molecule has 4 heteroatoms. The summed E-state index contributed by atoms with van der Waals surface area (Å²) in [5, 5.41) is 8.94. The Morgan fingerprint density at radius 1 is 1.60 bits per heavy atom.